The summed E-state index contributed by atoms with van der Waals surface area (Å²) >= 11 is 11.8. The van der Waals surface area contributed by atoms with Crippen LogP contribution in [0.15, 0.2) is 36.4 Å². The predicted octanol–water partition coefficient (Wildman–Crippen LogP) is 4.67. The summed E-state index contributed by atoms with van der Waals surface area (Å²) in [6.07, 6.45) is -0.306. The molecule has 1 aliphatic heterocycles. The number of anilines is 2. The van der Waals surface area contributed by atoms with Crippen molar-refractivity contribution >= 4 is 46.7 Å². The third-order valence-electron chi connectivity index (χ3n) is 3.92. The highest BCUT2D eigenvalue weighted by Crippen LogP contribution is 2.26. The Morgan fingerprint density at radius 3 is 2.32 bits per heavy atom. The maximum absolute atomic E-state index is 12.1. The van der Waals surface area contributed by atoms with Gasteiger partial charge in [0.25, 0.3) is 0 Å². The Morgan fingerprint density at radius 1 is 0.960 bits per heavy atom. The summed E-state index contributed by atoms with van der Waals surface area (Å²) in [5.41, 5.74) is 3.15. The molecule has 0 unspecified atom stereocenters. The molecular formula is C17H15Cl2N3O3. The van der Waals surface area contributed by atoms with Gasteiger partial charge < -0.3 is 20.6 Å². The largest absolute Gasteiger partial charge is 0.465 e. The molecule has 0 radical (unpaired) electrons. The summed E-state index contributed by atoms with van der Waals surface area (Å²) in [4.78, 5) is 24.5. The summed E-state index contributed by atoms with van der Waals surface area (Å²) in [6, 6.07) is 9.87. The molecular weight excluding hydrogens is 365 g/mol. The smallest absolute Gasteiger partial charge is 0.407 e. The summed E-state index contributed by atoms with van der Waals surface area (Å²) in [7, 11) is 0. The molecule has 0 bridgehead atoms. The predicted molar refractivity (Wildman–Crippen MR) is 97.7 cm³/mol. The highest BCUT2D eigenvalue weighted by atomic mass is 35.5. The Bertz CT molecular complexity index is 842. The van der Waals surface area contributed by atoms with Gasteiger partial charge in [0.2, 0.25) is 0 Å². The van der Waals surface area contributed by atoms with Gasteiger partial charge in [-0.05, 0) is 47.9 Å². The van der Waals surface area contributed by atoms with Gasteiger partial charge >= 0.3 is 12.1 Å². The van der Waals surface area contributed by atoms with Gasteiger partial charge in [-0.25, -0.2) is 9.59 Å². The molecule has 0 aromatic heterocycles. The Morgan fingerprint density at radius 2 is 1.64 bits per heavy atom. The second-order valence-corrected chi connectivity index (χ2v) is 6.46. The molecule has 1 aliphatic rings. The summed E-state index contributed by atoms with van der Waals surface area (Å²) < 4.78 is 0. The van der Waals surface area contributed by atoms with Crippen LogP contribution in [-0.2, 0) is 13.0 Å². The van der Waals surface area contributed by atoms with Gasteiger partial charge in [0.05, 0.1) is 10.0 Å². The molecule has 0 atom stereocenters. The quantitative estimate of drug-likeness (QED) is 0.708. The molecule has 130 valence electrons. The number of carboxylic acid groups (broad SMARTS) is 1. The molecule has 2 aromatic rings. The minimum atomic E-state index is -0.922. The number of hydrogen-bond donors (Lipinski definition) is 3. The number of halogens is 2. The average molecular weight is 380 g/mol. The highest BCUT2D eigenvalue weighted by molar-refractivity contribution is 6.42. The van der Waals surface area contributed by atoms with Crippen LogP contribution in [0.25, 0.3) is 0 Å². The van der Waals surface area contributed by atoms with Crippen LogP contribution in [0.4, 0.5) is 21.0 Å². The zero-order valence-electron chi connectivity index (χ0n) is 13.1. The minimum Gasteiger partial charge on any atom is -0.465 e. The van der Waals surface area contributed by atoms with Crippen LogP contribution in [0.2, 0.25) is 10.0 Å². The van der Waals surface area contributed by atoms with Crippen molar-refractivity contribution in [2.24, 2.45) is 0 Å². The Hall–Kier alpha value is -2.44. The van der Waals surface area contributed by atoms with Gasteiger partial charge in [-0.2, -0.15) is 0 Å². The molecule has 3 N–H and O–H groups in total. The fraction of sp³-hybridized carbons (Fsp3) is 0.176. The van der Waals surface area contributed by atoms with Crippen molar-refractivity contribution in [1.29, 1.82) is 0 Å². The summed E-state index contributed by atoms with van der Waals surface area (Å²) in [6.45, 7) is 0.807. The first-order chi connectivity index (χ1) is 11.9. The first kappa shape index (κ1) is 17.4. The third kappa shape index (κ3) is 4.15. The van der Waals surface area contributed by atoms with E-state index < -0.39 is 12.1 Å². The topological polar surface area (TPSA) is 81.7 Å². The lowest BCUT2D eigenvalue weighted by molar-refractivity contribution is 0.140. The van der Waals surface area contributed by atoms with Crippen molar-refractivity contribution in [3.8, 4) is 0 Å². The second-order valence-electron chi connectivity index (χ2n) is 5.65. The van der Waals surface area contributed by atoms with E-state index in [1.54, 1.807) is 24.3 Å². The van der Waals surface area contributed by atoms with E-state index in [-0.39, 0.29) is 0 Å². The lowest BCUT2D eigenvalue weighted by atomic mass is 9.99. The molecule has 0 saturated carbocycles. The van der Waals surface area contributed by atoms with Crippen molar-refractivity contribution in [2.75, 3.05) is 17.2 Å². The molecule has 3 rings (SSSR count). The van der Waals surface area contributed by atoms with Crippen LogP contribution in [-0.4, -0.2) is 28.7 Å². The Labute approximate surface area is 154 Å². The molecule has 8 heteroatoms. The number of urea groups is 1. The van der Waals surface area contributed by atoms with Crippen molar-refractivity contribution in [3.05, 3.63) is 57.6 Å². The number of hydrogen-bond acceptors (Lipinski definition) is 2. The molecule has 0 aliphatic carbocycles. The Kier molecular flexibility index (Phi) is 5.01. The minimum absolute atomic E-state index is 0.358. The maximum atomic E-state index is 12.1. The number of benzene rings is 2. The zero-order valence-corrected chi connectivity index (χ0v) is 14.6. The van der Waals surface area contributed by atoms with Crippen LogP contribution in [0.3, 0.4) is 0 Å². The molecule has 0 spiro atoms. The first-order valence-corrected chi connectivity index (χ1v) is 8.30. The highest BCUT2D eigenvalue weighted by Gasteiger charge is 2.20. The molecule has 3 amide bonds. The lowest BCUT2D eigenvalue weighted by Crippen LogP contribution is -2.34. The number of rotatable bonds is 2. The van der Waals surface area contributed by atoms with Gasteiger partial charge in [-0.15, -0.1) is 0 Å². The number of carbonyl (C=O) groups is 2. The first-order valence-electron chi connectivity index (χ1n) is 7.55. The molecule has 2 aromatic carbocycles. The van der Waals surface area contributed by atoms with Gasteiger partial charge in [0.1, 0.15) is 0 Å². The van der Waals surface area contributed by atoms with Crippen LogP contribution in [0.1, 0.15) is 11.1 Å². The average Bonchev–Trinajstić information content (AvgIpc) is 2.57. The number of amides is 3. The number of fused-ring (bicyclic) bond motifs is 1. The van der Waals surface area contributed by atoms with E-state index in [0.29, 0.717) is 40.9 Å². The normalized spacial score (nSPS) is 13.1. The van der Waals surface area contributed by atoms with Gasteiger partial charge in [-0.1, -0.05) is 29.3 Å². The van der Waals surface area contributed by atoms with Crippen LogP contribution in [0.5, 0.6) is 0 Å². The molecule has 1 heterocycles. The summed E-state index contributed by atoms with van der Waals surface area (Å²) in [5, 5.41) is 15.3. The van der Waals surface area contributed by atoms with Crippen LogP contribution < -0.4 is 10.6 Å². The van der Waals surface area contributed by atoms with Crippen LogP contribution in [0, 0.1) is 0 Å². The van der Waals surface area contributed by atoms with E-state index in [0.717, 1.165) is 11.1 Å². The summed E-state index contributed by atoms with van der Waals surface area (Å²) in [5.74, 6) is 0. The fourth-order valence-electron chi connectivity index (χ4n) is 2.66. The Balaban J connectivity index is 1.66. The van der Waals surface area contributed by atoms with Crippen molar-refractivity contribution < 1.29 is 14.7 Å². The molecule has 0 fully saturated rings. The lowest BCUT2D eigenvalue weighted by Gasteiger charge is -2.26. The van der Waals surface area contributed by atoms with Crippen molar-refractivity contribution in [3.63, 3.8) is 0 Å². The van der Waals surface area contributed by atoms with E-state index in [4.69, 9.17) is 28.3 Å². The monoisotopic (exact) mass is 379 g/mol. The van der Waals surface area contributed by atoms with E-state index in [1.165, 1.54) is 4.90 Å². The van der Waals surface area contributed by atoms with Crippen LogP contribution >= 0.6 is 23.2 Å². The van der Waals surface area contributed by atoms with E-state index in [9.17, 15) is 9.59 Å². The molecule has 0 saturated heterocycles. The van der Waals surface area contributed by atoms with Crippen molar-refractivity contribution in [2.45, 2.75) is 13.0 Å². The van der Waals surface area contributed by atoms with Crippen molar-refractivity contribution in [1.82, 2.24) is 4.90 Å². The van der Waals surface area contributed by atoms with Gasteiger partial charge in [0.15, 0.2) is 0 Å². The number of carbonyl (C=O) groups excluding carboxylic acids is 1. The maximum Gasteiger partial charge on any atom is 0.407 e. The SMILES string of the molecule is O=C(Nc1ccc(Cl)c(Cl)c1)Nc1ccc2c(c1)CCN(C(=O)O)C2. The zero-order chi connectivity index (χ0) is 18.0. The van der Waals surface area contributed by atoms with Gasteiger partial charge in [-0.3, -0.25) is 0 Å². The number of nitrogens with one attached hydrogen (secondary N) is 2. The molecule has 25 heavy (non-hydrogen) atoms. The fourth-order valence-corrected chi connectivity index (χ4v) is 2.96. The van der Waals surface area contributed by atoms with E-state index >= 15 is 0 Å². The van der Waals surface area contributed by atoms with E-state index in [1.807, 2.05) is 12.1 Å². The number of nitrogens with zero attached hydrogens (tertiary/aromatic N) is 1. The third-order valence-corrected chi connectivity index (χ3v) is 4.66. The second kappa shape index (κ2) is 7.21. The molecule has 6 nitrogen and oxygen atoms in total. The van der Waals surface area contributed by atoms with E-state index in [2.05, 4.69) is 10.6 Å². The standard InChI is InChI=1S/C17H15Cl2N3O3/c18-14-4-3-13(8-15(14)19)21-16(23)20-12-2-1-11-9-22(17(24)25)6-5-10(11)7-12/h1-4,7-8H,5-6,9H2,(H,24,25)(H2,20,21,23). The van der Waals surface area contributed by atoms with Gasteiger partial charge in [0, 0.05) is 24.5 Å².